The van der Waals surface area contributed by atoms with Crippen LogP contribution in [0.5, 0.6) is 0 Å². The Labute approximate surface area is 90.4 Å². The highest BCUT2D eigenvalue weighted by Crippen LogP contribution is 2.07. The topological polar surface area (TPSA) is 44.0 Å². The second-order valence-corrected chi connectivity index (χ2v) is 3.81. The van der Waals surface area contributed by atoms with Crippen molar-refractivity contribution in [2.24, 2.45) is 7.05 Å². The highest BCUT2D eigenvalue weighted by molar-refractivity contribution is 5.64. The molecule has 82 valence electrons. The van der Waals surface area contributed by atoms with E-state index in [4.69, 9.17) is 0 Å². The van der Waals surface area contributed by atoms with E-state index in [1.165, 1.54) is 11.3 Å². The van der Waals surface area contributed by atoms with Crippen LogP contribution in [0.15, 0.2) is 18.3 Å². The number of aromatic nitrogens is 1. The number of carbonyl (C=O) groups excluding carboxylic acids is 1. The number of carbonyl (C=O) groups is 1. The third-order valence-corrected chi connectivity index (χ3v) is 2.68. The van der Waals surface area contributed by atoms with Crippen molar-refractivity contribution in [2.75, 3.05) is 0 Å². The number of rotatable bonds is 5. The molecule has 0 aliphatic heterocycles. The van der Waals surface area contributed by atoms with Crippen LogP contribution in [0, 0.1) is 6.92 Å². The molecule has 1 heterocycles. The van der Waals surface area contributed by atoms with Crippen LogP contribution in [0.2, 0.25) is 0 Å². The molecule has 0 aliphatic rings. The first-order chi connectivity index (χ1) is 7.11. The van der Waals surface area contributed by atoms with Crippen molar-refractivity contribution in [3.63, 3.8) is 0 Å². The van der Waals surface area contributed by atoms with Gasteiger partial charge < -0.3 is 9.90 Å². The summed E-state index contributed by atoms with van der Waals surface area (Å²) in [6.45, 7) is 2.08. The lowest BCUT2D eigenvalue weighted by Gasteiger charge is -2.04. The van der Waals surface area contributed by atoms with Crippen molar-refractivity contribution >= 4 is 5.97 Å². The average Bonchev–Trinajstić information content (AvgIpc) is 2.18. The zero-order chi connectivity index (χ0) is 11.3. The van der Waals surface area contributed by atoms with Crippen molar-refractivity contribution in [3.05, 3.63) is 29.6 Å². The molecule has 0 radical (unpaired) electrons. The third-order valence-electron chi connectivity index (χ3n) is 2.68. The molecule has 0 aromatic carbocycles. The van der Waals surface area contributed by atoms with Crippen LogP contribution >= 0.6 is 0 Å². The molecule has 0 saturated carbocycles. The van der Waals surface area contributed by atoms with Crippen molar-refractivity contribution in [2.45, 2.75) is 32.6 Å². The first-order valence-corrected chi connectivity index (χ1v) is 5.25. The van der Waals surface area contributed by atoms with Crippen LogP contribution in [0.1, 0.15) is 30.5 Å². The van der Waals surface area contributed by atoms with Gasteiger partial charge >= 0.3 is 0 Å². The summed E-state index contributed by atoms with van der Waals surface area (Å²) in [5.74, 6) is -0.953. The number of pyridine rings is 1. The summed E-state index contributed by atoms with van der Waals surface area (Å²) in [6.07, 6.45) is 4.71. The summed E-state index contributed by atoms with van der Waals surface area (Å²) in [6, 6.07) is 4.11. The van der Waals surface area contributed by atoms with E-state index in [-0.39, 0.29) is 6.42 Å². The molecule has 3 heteroatoms. The number of carboxylic acid groups (broad SMARTS) is 1. The standard InChI is InChI=1S/C12H17NO2/c1-10-11(7-5-9-13(10)2)6-3-4-8-12(14)15/h5,7,9H,3-4,6,8H2,1-2H3. The Bertz CT molecular complexity index is 347. The van der Waals surface area contributed by atoms with Gasteiger partial charge in [0.05, 0.1) is 0 Å². The van der Waals surface area contributed by atoms with Crippen LogP contribution in [0.4, 0.5) is 0 Å². The average molecular weight is 207 g/mol. The van der Waals surface area contributed by atoms with Gasteiger partial charge in [0, 0.05) is 24.5 Å². The fourth-order valence-corrected chi connectivity index (χ4v) is 1.60. The van der Waals surface area contributed by atoms with E-state index in [1.54, 1.807) is 0 Å². The van der Waals surface area contributed by atoms with E-state index < -0.39 is 5.97 Å². The minimum absolute atomic E-state index is 0.165. The molecular weight excluding hydrogens is 190 g/mol. The Morgan fingerprint density at radius 2 is 2.20 bits per heavy atom. The number of carboxylic acids is 1. The number of nitrogens with zero attached hydrogens (tertiary/aromatic N) is 1. The number of hydrogen-bond donors (Lipinski definition) is 0. The Morgan fingerprint density at radius 1 is 1.47 bits per heavy atom. The highest BCUT2D eigenvalue weighted by atomic mass is 16.4. The Hall–Kier alpha value is -1.38. The zero-order valence-corrected chi connectivity index (χ0v) is 9.32. The van der Waals surface area contributed by atoms with Crippen LogP contribution in [0.3, 0.4) is 0 Å². The first-order valence-electron chi connectivity index (χ1n) is 5.25. The molecule has 0 spiro atoms. The molecule has 0 saturated heterocycles. The van der Waals surface area contributed by atoms with Gasteiger partial charge in [-0.3, -0.25) is 0 Å². The maximum atomic E-state index is 10.2. The van der Waals surface area contributed by atoms with Crippen LogP contribution < -0.4 is 9.67 Å². The molecule has 1 aromatic rings. The maximum Gasteiger partial charge on any atom is 0.181 e. The monoisotopic (exact) mass is 207 g/mol. The number of aliphatic carboxylic acids is 1. The summed E-state index contributed by atoms with van der Waals surface area (Å²) in [5, 5.41) is 10.2. The van der Waals surface area contributed by atoms with Crippen LogP contribution in [-0.2, 0) is 18.3 Å². The van der Waals surface area contributed by atoms with Crippen molar-refractivity contribution in [3.8, 4) is 0 Å². The molecule has 0 amide bonds. The van der Waals surface area contributed by atoms with Gasteiger partial charge in [0.15, 0.2) is 11.9 Å². The third kappa shape index (κ3) is 3.70. The van der Waals surface area contributed by atoms with Gasteiger partial charge in [0.2, 0.25) is 0 Å². The van der Waals surface area contributed by atoms with Gasteiger partial charge in [0.1, 0.15) is 7.05 Å². The summed E-state index contributed by atoms with van der Waals surface area (Å²) in [7, 11) is 2.01. The quantitative estimate of drug-likeness (QED) is 0.514. The van der Waals surface area contributed by atoms with Gasteiger partial charge in [-0.1, -0.05) is 0 Å². The minimum Gasteiger partial charge on any atom is -0.550 e. The molecule has 0 unspecified atom stereocenters. The van der Waals surface area contributed by atoms with E-state index in [0.29, 0.717) is 6.42 Å². The molecule has 1 rings (SSSR count). The first kappa shape index (κ1) is 11.7. The predicted octanol–water partition coefficient (Wildman–Crippen LogP) is 0.282. The van der Waals surface area contributed by atoms with Gasteiger partial charge in [-0.15, -0.1) is 0 Å². The van der Waals surface area contributed by atoms with Crippen molar-refractivity contribution in [1.82, 2.24) is 0 Å². The van der Waals surface area contributed by atoms with Gasteiger partial charge in [-0.2, -0.15) is 0 Å². The van der Waals surface area contributed by atoms with Crippen molar-refractivity contribution in [1.29, 1.82) is 0 Å². The van der Waals surface area contributed by atoms with E-state index >= 15 is 0 Å². The van der Waals surface area contributed by atoms with Gasteiger partial charge in [-0.25, -0.2) is 4.57 Å². The van der Waals surface area contributed by atoms with Gasteiger partial charge in [-0.05, 0) is 31.7 Å². The lowest BCUT2D eigenvalue weighted by molar-refractivity contribution is -0.678. The molecule has 0 N–H and O–H groups in total. The van der Waals surface area contributed by atoms with Crippen molar-refractivity contribution < 1.29 is 14.5 Å². The molecule has 0 aliphatic carbocycles. The second-order valence-electron chi connectivity index (χ2n) is 3.81. The van der Waals surface area contributed by atoms with Crippen LogP contribution in [-0.4, -0.2) is 5.97 Å². The fourth-order valence-electron chi connectivity index (χ4n) is 1.60. The van der Waals surface area contributed by atoms with Gasteiger partial charge in [0.25, 0.3) is 0 Å². The molecule has 1 aromatic heterocycles. The molecule has 0 fully saturated rings. The predicted molar refractivity (Wildman–Crippen MR) is 54.9 cm³/mol. The molecule has 15 heavy (non-hydrogen) atoms. The smallest absolute Gasteiger partial charge is 0.181 e. The summed E-state index contributed by atoms with van der Waals surface area (Å²) < 4.78 is 2.08. The number of unbranched alkanes of at least 4 members (excludes halogenated alkanes) is 1. The zero-order valence-electron chi connectivity index (χ0n) is 9.32. The minimum atomic E-state index is -0.953. The fraction of sp³-hybridized carbons (Fsp3) is 0.500. The normalized spacial score (nSPS) is 10.3. The maximum absolute atomic E-state index is 10.2. The molecular formula is C12H17NO2. The summed E-state index contributed by atoms with van der Waals surface area (Å²) in [4.78, 5) is 10.2. The van der Waals surface area contributed by atoms with E-state index in [0.717, 1.165) is 12.8 Å². The molecule has 0 atom stereocenters. The lowest BCUT2D eigenvalue weighted by atomic mass is 10.1. The number of aryl methyl sites for hydroxylation is 2. The van der Waals surface area contributed by atoms with E-state index in [2.05, 4.69) is 17.6 Å². The molecule has 0 bridgehead atoms. The van der Waals surface area contributed by atoms with Crippen LogP contribution in [0.25, 0.3) is 0 Å². The SMILES string of the molecule is Cc1c(CCCCC(=O)[O-])ccc[n+]1C. The second kappa shape index (κ2) is 5.49. The lowest BCUT2D eigenvalue weighted by Crippen LogP contribution is -2.32. The van der Waals surface area contributed by atoms with E-state index in [1.807, 2.05) is 19.3 Å². The Morgan fingerprint density at radius 3 is 2.87 bits per heavy atom. The number of hydrogen-bond acceptors (Lipinski definition) is 2. The Kier molecular flexibility index (Phi) is 4.28. The highest BCUT2D eigenvalue weighted by Gasteiger charge is 2.06. The summed E-state index contributed by atoms with van der Waals surface area (Å²) >= 11 is 0. The Balaban J connectivity index is 2.44. The molecule has 3 nitrogen and oxygen atoms in total. The van der Waals surface area contributed by atoms with E-state index in [9.17, 15) is 9.90 Å². The largest absolute Gasteiger partial charge is 0.550 e. The summed E-state index contributed by atoms with van der Waals surface area (Å²) in [5.41, 5.74) is 2.53.